The number of primary amides is 1. The Kier molecular flexibility index (Phi) is 4.34. The quantitative estimate of drug-likeness (QED) is 0.574. The van der Waals surface area contributed by atoms with E-state index < -0.39 is 12.3 Å². The molecule has 1 aromatic carbocycles. The van der Waals surface area contributed by atoms with Crippen LogP contribution in [0.4, 0.5) is 8.78 Å². The van der Waals surface area contributed by atoms with E-state index in [1.807, 2.05) is 29.7 Å². The van der Waals surface area contributed by atoms with Crippen LogP contribution in [0, 0.1) is 6.92 Å². The van der Waals surface area contributed by atoms with Crippen LogP contribution in [0.2, 0.25) is 0 Å². The molecule has 0 aliphatic rings. The van der Waals surface area contributed by atoms with E-state index in [1.54, 1.807) is 12.3 Å². The Labute approximate surface area is 158 Å². The van der Waals surface area contributed by atoms with E-state index in [2.05, 4.69) is 15.1 Å². The molecule has 142 valence electrons. The summed E-state index contributed by atoms with van der Waals surface area (Å²) in [6.07, 6.45) is 0.905. The van der Waals surface area contributed by atoms with Crippen molar-refractivity contribution in [3.05, 3.63) is 59.9 Å². The number of hydrogen-bond donors (Lipinski definition) is 1. The van der Waals surface area contributed by atoms with Crippen molar-refractivity contribution in [2.75, 3.05) is 0 Å². The molecule has 28 heavy (non-hydrogen) atoms. The fourth-order valence-corrected chi connectivity index (χ4v) is 2.98. The minimum Gasteiger partial charge on any atom is -0.368 e. The summed E-state index contributed by atoms with van der Waals surface area (Å²) >= 11 is 0. The van der Waals surface area contributed by atoms with Gasteiger partial charge in [0, 0.05) is 17.3 Å². The molecule has 0 saturated carbocycles. The summed E-state index contributed by atoms with van der Waals surface area (Å²) in [5, 5.41) is 4.32. The third-order valence-corrected chi connectivity index (χ3v) is 4.26. The van der Waals surface area contributed by atoms with Gasteiger partial charge < -0.3 is 5.73 Å². The standard InChI is InChI=1S/C19H16F2N6O/c1-11-5-6-16-23-8-14(26(16)9-11)19-24-18(25-27(19)10-15(22)28)13-4-2-3-12(7-13)17(20)21/h2-9,17H,10H2,1H3,(H2,22,28). The maximum atomic E-state index is 13.0. The van der Waals surface area contributed by atoms with Crippen LogP contribution in [0.15, 0.2) is 48.8 Å². The number of pyridine rings is 1. The van der Waals surface area contributed by atoms with Crippen molar-refractivity contribution in [3.63, 3.8) is 0 Å². The van der Waals surface area contributed by atoms with Crippen LogP contribution in [-0.2, 0) is 11.3 Å². The number of fused-ring (bicyclic) bond motifs is 1. The Bertz CT molecular complexity index is 1180. The molecule has 1 amide bonds. The van der Waals surface area contributed by atoms with E-state index in [9.17, 15) is 13.6 Å². The number of alkyl halides is 2. The van der Waals surface area contributed by atoms with Gasteiger partial charge in [-0.05, 0) is 24.6 Å². The number of aromatic nitrogens is 5. The lowest BCUT2D eigenvalue weighted by molar-refractivity contribution is -0.118. The van der Waals surface area contributed by atoms with E-state index in [1.165, 1.54) is 22.9 Å². The fourth-order valence-electron chi connectivity index (χ4n) is 2.98. The number of nitrogens with zero attached hydrogens (tertiary/aromatic N) is 5. The monoisotopic (exact) mass is 382 g/mol. The third kappa shape index (κ3) is 3.22. The van der Waals surface area contributed by atoms with Crippen molar-refractivity contribution in [1.82, 2.24) is 24.1 Å². The highest BCUT2D eigenvalue weighted by atomic mass is 19.3. The molecule has 0 bridgehead atoms. The Morgan fingerprint density at radius 3 is 2.82 bits per heavy atom. The lowest BCUT2D eigenvalue weighted by atomic mass is 10.1. The molecule has 3 heterocycles. The zero-order valence-electron chi connectivity index (χ0n) is 14.9. The average Bonchev–Trinajstić information content (AvgIpc) is 3.25. The highest BCUT2D eigenvalue weighted by Gasteiger charge is 2.19. The molecule has 9 heteroatoms. The number of amides is 1. The number of hydrogen-bond acceptors (Lipinski definition) is 4. The summed E-state index contributed by atoms with van der Waals surface area (Å²) in [4.78, 5) is 20.3. The Balaban J connectivity index is 1.88. The van der Waals surface area contributed by atoms with Gasteiger partial charge in [-0.2, -0.15) is 0 Å². The molecule has 0 radical (unpaired) electrons. The van der Waals surface area contributed by atoms with Crippen LogP contribution in [0.5, 0.6) is 0 Å². The zero-order valence-corrected chi connectivity index (χ0v) is 14.9. The van der Waals surface area contributed by atoms with Crippen molar-refractivity contribution >= 4 is 11.6 Å². The van der Waals surface area contributed by atoms with Gasteiger partial charge in [-0.15, -0.1) is 5.10 Å². The SMILES string of the molecule is Cc1ccc2ncc(-c3nc(-c4cccc(C(F)F)c4)nn3CC(N)=O)n2c1. The van der Waals surface area contributed by atoms with Gasteiger partial charge in [0.15, 0.2) is 11.6 Å². The predicted octanol–water partition coefficient (Wildman–Crippen LogP) is 2.99. The molecule has 0 fully saturated rings. The summed E-state index contributed by atoms with van der Waals surface area (Å²) in [7, 11) is 0. The zero-order chi connectivity index (χ0) is 19.8. The number of halogens is 2. The molecular weight excluding hydrogens is 366 g/mol. The van der Waals surface area contributed by atoms with Gasteiger partial charge in [-0.3, -0.25) is 9.20 Å². The molecule has 0 aliphatic carbocycles. The van der Waals surface area contributed by atoms with Crippen molar-refractivity contribution in [2.24, 2.45) is 5.73 Å². The van der Waals surface area contributed by atoms with Crippen molar-refractivity contribution < 1.29 is 13.6 Å². The van der Waals surface area contributed by atoms with Crippen LogP contribution >= 0.6 is 0 Å². The number of imidazole rings is 1. The van der Waals surface area contributed by atoms with Gasteiger partial charge in [0.2, 0.25) is 5.91 Å². The van der Waals surface area contributed by atoms with Gasteiger partial charge >= 0.3 is 0 Å². The Morgan fingerprint density at radius 1 is 1.25 bits per heavy atom. The molecule has 0 saturated heterocycles. The second-order valence-electron chi connectivity index (χ2n) is 6.39. The fraction of sp³-hybridized carbons (Fsp3) is 0.158. The Morgan fingerprint density at radius 2 is 2.07 bits per heavy atom. The number of rotatable bonds is 5. The molecule has 7 nitrogen and oxygen atoms in total. The van der Waals surface area contributed by atoms with Crippen molar-refractivity contribution in [1.29, 1.82) is 0 Å². The maximum Gasteiger partial charge on any atom is 0.263 e. The van der Waals surface area contributed by atoms with E-state index in [0.29, 0.717) is 22.7 Å². The van der Waals surface area contributed by atoms with Crippen LogP contribution in [0.25, 0.3) is 28.6 Å². The number of carbonyl (C=O) groups is 1. The maximum absolute atomic E-state index is 13.0. The van der Waals surface area contributed by atoms with E-state index in [-0.39, 0.29) is 17.9 Å². The number of nitrogens with two attached hydrogens (primary N) is 1. The molecule has 4 rings (SSSR count). The topological polar surface area (TPSA) is 91.1 Å². The highest BCUT2D eigenvalue weighted by Crippen LogP contribution is 2.27. The minimum absolute atomic E-state index is 0.129. The first kappa shape index (κ1) is 17.8. The van der Waals surface area contributed by atoms with E-state index in [4.69, 9.17) is 5.73 Å². The van der Waals surface area contributed by atoms with E-state index >= 15 is 0 Å². The Hall–Kier alpha value is -3.62. The lowest BCUT2D eigenvalue weighted by Gasteiger charge is -2.04. The molecule has 3 aromatic heterocycles. The first-order valence-electron chi connectivity index (χ1n) is 8.48. The van der Waals surface area contributed by atoms with Gasteiger partial charge in [-0.1, -0.05) is 24.3 Å². The minimum atomic E-state index is -2.60. The predicted molar refractivity (Wildman–Crippen MR) is 98.5 cm³/mol. The average molecular weight is 382 g/mol. The molecule has 0 spiro atoms. The van der Waals surface area contributed by atoms with Crippen molar-refractivity contribution in [2.45, 2.75) is 19.9 Å². The normalized spacial score (nSPS) is 11.4. The van der Waals surface area contributed by atoms with Crippen LogP contribution in [0.1, 0.15) is 17.6 Å². The van der Waals surface area contributed by atoms with Crippen molar-refractivity contribution in [3.8, 4) is 22.9 Å². The van der Waals surface area contributed by atoms with Crippen LogP contribution in [0.3, 0.4) is 0 Å². The molecule has 2 N–H and O–H groups in total. The highest BCUT2D eigenvalue weighted by molar-refractivity contribution is 5.74. The van der Waals surface area contributed by atoms with Crippen LogP contribution in [-0.4, -0.2) is 30.1 Å². The van der Waals surface area contributed by atoms with Gasteiger partial charge in [-0.25, -0.2) is 23.4 Å². The second-order valence-corrected chi connectivity index (χ2v) is 6.39. The van der Waals surface area contributed by atoms with Gasteiger partial charge in [0.1, 0.15) is 17.9 Å². The molecule has 0 atom stereocenters. The number of benzene rings is 1. The van der Waals surface area contributed by atoms with Gasteiger partial charge in [0.25, 0.3) is 6.43 Å². The lowest BCUT2D eigenvalue weighted by Crippen LogP contribution is -2.20. The molecule has 4 aromatic rings. The third-order valence-electron chi connectivity index (χ3n) is 4.26. The molecular formula is C19H16F2N6O. The van der Waals surface area contributed by atoms with Gasteiger partial charge in [0.05, 0.1) is 6.20 Å². The summed E-state index contributed by atoms with van der Waals surface area (Å²) < 4.78 is 29.3. The largest absolute Gasteiger partial charge is 0.368 e. The first-order valence-corrected chi connectivity index (χ1v) is 8.48. The summed E-state index contributed by atoms with van der Waals surface area (Å²) in [6, 6.07) is 9.61. The van der Waals surface area contributed by atoms with Crippen LogP contribution < -0.4 is 5.73 Å². The number of aryl methyl sites for hydroxylation is 1. The van der Waals surface area contributed by atoms with E-state index in [0.717, 1.165) is 5.56 Å². The first-order chi connectivity index (χ1) is 13.4. The number of carbonyl (C=O) groups excluding carboxylic acids is 1. The molecule has 0 unspecified atom stereocenters. The summed E-state index contributed by atoms with van der Waals surface area (Å²) in [5.74, 6) is -0.000245. The summed E-state index contributed by atoms with van der Waals surface area (Å²) in [6.45, 7) is 1.74. The molecule has 0 aliphatic heterocycles. The second kappa shape index (κ2) is 6.84. The smallest absolute Gasteiger partial charge is 0.263 e. The summed E-state index contributed by atoms with van der Waals surface area (Å²) in [5.41, 5.74) is 7.97.